The molecular formula is C23H39IN6O2. The third kappa shape index (κ3) is 7.91. The molecule has 1 aromatic rings. The van der Waals surface area contributed by atoms with E-state index in [1.807, 2.05) is 13.0 Å². The van der Waals surface area contributed by atoms with Crippen LogP contribution in [0.3, 0.4) is 0 Å². The van der Waals surface area contributed by atoms with E-state index in [9.17, 15) is 9.59 Å². The quantitative estimate of drug-likeness (QED) is 0.128. The van der Waals surface area contributed by atoms with E-state index in [2.05, 4.69) is 64.1 Å². The van der Waals surface area contributed by atoms with E-state index in [1.165, 1.54) is 10.5 Å². The zero-order chi connectivity index (χ0) is 22.9. The van der Waals surface area contributed by atoms with Crippen molar-refractivity contribution in [1.29, 1.82) is 0 Å². The average Bonchev–Trinajstić information content (AvgIpc) is 2.98. The van der Waals surface area contributed by atoms with Gasteiger partial charge >= 0.3 is 6.03 Å². The van der Waals surface area contributed by atoms with Crippen molar-refractivity contribution >= 4 is 41.9 Å². The fraction of sp³-hybridized carbons (Fsp3) is 0.609. The Kier molecular flexibility index (Phi) is 12.0. The second-order valence-electron chi connectivity index (χ2n) is 8.39. The predicted molar refractivity (Wildman–Crippen MR) is 140 cm³/mol. The summed E-state index contributed by atoms with van der Waals surface area (Å²) in [6.07, 6.45) is 2.24. The first kappa shape index (κ1) is 28.2. The van der Waals surface area contributed by atoms with E-state index in [0.717, 1.165) is 25.5 Å². The number of carbonyl (C=O) groups excluding carboxylic acids is 2. The molecule has 1 aromatic carbocycles. The Morgan fingerprint density at radius 2 is 1.88 bits per heavy atom. The minimum Gasteiger partial charge on any atom is -0.356 e. The van der Waals surface area contributed by atoms with Gasteiger partial charge in [-0.2, -0.15) is 0 Å². The van der Waals surface area contributed by atoms with Crippen LogP contribution in [0.1, 0.15) is 45.6 Å². The Morgan fingerprint density at radius 1 is 1.22 bits per heavy atom. The number of halogens is 1. The van der Waals surface area contributed by atoms with Gasteiger partial charge < -0.3 is 16.0 Å². The first-order valence-electron chi connectivity index (χ1n) is 11.1. The van der Waals surface area contributed by atoms with Gasteiger partial charge in [0.25, 0.3) is 5.91 Å². The molecule has 9 heteroatoms. The predicted octanol–water partition coefficient (Wildman–Crippen LogP) is 2.79. The molecule has 0 bridgehead atoms. The van der Waals surface area contributed by atoms with Crippen LogP contribution in [0.2, 0.25) is 0 Å². The largest absolute Gasteiger partial charge is 0.356 e. The van der Waals surface area contributed by atoms with Gasteiger partial charge in [0.1, 0.15) is 5.54 Å². The van der Waals surface area contributed by atoms with Crippen LogP contribution in [0.5, 0.6) is 0 Å². The van der Waals surface area contributed by atoms with Crippen molar-refractivity contribution in [1.82, 2.24) is 25.8 Å². The molecule has 8 nitrogen and oxygen atoms in total. The number of amides is 3. The fourth-order valence-electron chi connectivity index (χ4n) is 3.50. The van der Waals surface area contributed by atoms with Gasteiger partial charge in [-0.15, -0.1) is 24.0 Å². The second kappa shape index (κ2) is 13.6. The number of nitrogens with one attached hydrogen (secondary N) is 3. The first-order valence-corrected chi connectivity index (χ1v) is 11.1. The van der Waals surface area contributed by atoms with Crippen molar-refractivity contribution in [2.45, 2.75) is 58.2 Å². The lowest BCUT2D eigenvalue weighted by Gasteiger charge is -2.25. The molecule has 0 saturated carbocycles. The Hall–Kier alpha value is -1.88. The van der Waals surface area contributed by atoms with E-state index >= 15 is 0 Å². The maximum absolute atomic E-state index is 12.4. The van der Waals surface area contributed by atoms with Crippen molar-refractivity contribution < 1.29 is 9.59 Å². The molecule has 1 aliphatic rings. The van der Waals surface area contributed by atoms with E-state index < -0.39 is 5.54 Å². The lowest BCUT2D eigenvalue weighted by Crippen LogP contribution is -2.43. The molecule has 2 unspecified atom stereocenters. The van der Waals surface area contributed by atoms with Crippen molar-refractivity contribution in [3.05, 3.63) is 35.9 Å². The smallest absolute Gasteiger partial charge is 0.325 e. The van der Waals surface area contributed by atoms with E-state index in [-0.39, 0.29) is 35.9 Å². The van der Waals surface area contributed by atoms with E-state index in [4.69, 9.17) is 0 Å². The summed E-state index contributed by atoms with van der Waals surface area (Å²) in [5.41, 5.74) is 0.540. The second-order valence-corrected chi connectivity index (χ2v) is 8.39. The summed E-state index contributed by atoms with van der Waals surface area (Å²) < 4.78 is 0. The summed E-state index contributed by atoms with van der Waals surface area (Å²) in [4.78, 5) is 32.4. The number of hydrogen-bond donors (Lipinski definition) is 3. The SMILES string of the molecule is CCC1(C)NC(=O)N(CCCNC(=NC)NCCC(C)N(C)Cc2ccccc2)C1=O.I. The van der Waals surface area contributed by atoms with Crippen LogP contribution in [0.25, 0.3) is 0 Å². The Balaban J connectivity index is 0.00000512. The molecule has 0 aromatic heterocycles. The molecule has 1 saturated heterocycles. The number of nitrogens with zero attached hydrogens (tertiary/aromatic N) is 3. The molecule has 1 fully saturated rings. The molecule has 2 rings (SSSR count). The number of benzene rings is 1. The summed E-state index contributed by atoms with van der Waals surface area (Å²) >= 11 is 0. The number of imide groups is 1. The van der Waals surface area contributed by atoms with E-state index in [1.54, 1.807) is 14.0 Å². The van der Waals surface area contributed by atoms with Crippen LogP contribution in [0.4, 0.5) is 4.79 Å². The molecule has 0 aliphatic carbocycles. The van der Waals surface area contributed by atoms with Gasteiger partial charge in [-0.1, -0.05) is 37.3 Å². The lowest BCUT2D eigenvalue weighted by molar-refractivity contribution is -0.130. The minimum atomic E-state index is -0.771. The molecular weight excluding hydrogens is 519 g/mol. The summed E-state index contributed by atoms with van der Waals surface area (Å²) in [5, 5.41) is 9.38. The number of hydrogen-bond acceptors (Lipinski definition) is 4. The standard InChI is InChI=1S/C23H38N6O2.HI/c1-6-23(3)20(30)29(22(31)27-23)16-10-14-25-21(24-4)26-15-13-18(2)28(5)17-19-11-8-7-9-12-19;/h7-9,11-12,18H,6,10,13-17H2,1-5H3,(H,27,31)(H2,24,25,26);1H. The minimum absolute atomic E-state index is 0. The summed E-state index contributed by atoms with van der Waals surface area (Å²) in [7, 11) is 3.88. The van der Waals surface area contributed by atoms with Gasteiger partial charge in [0.05, 0.1) is 0 Å². The van der Waals surface area contributed by atoms with Crippen LogP contribution >= 0.6 is 24.0 Å². The Morgan fingerprint density at radius 3 is 2.47 bits per heavy atom. The molecule has 32 heavy (non-hydrogen) atoms. The van der Waals surface area contributed by atoms with Crippen LogP contribution in [0.15, 0.2) is 35.3 Å². The molecule has 3 amide bonds. The summed E-state index contributed by atoms with van der Waals surface area (Å²) in [5.74, 6) is 0.588. The molecule has 3 N–H and O–H groups in total. The van der Waals surface area contributed by atoms with Crippen molar-refractivity contribution in [2.75, 3.05) is 33.7 Å². The van der Waals surface area contributed by atoms with Crippen LogP contribution < -0.4 is 16.0 Å². The monoisotopic (exact) mass is 558 g/mol. The number of carbonyl (C=O) groups is 2. The highest BCUT2D eigenvalue weighted by Crippen LogP contribution is 2.20. The topological polar surface area (TPSA) is 89.1 Å². The fourth-order valence-corrected chi connectivity index (χ4v) is 3.50. The third-order valence-electron chi connectivity index (χ3n) is 6.01. The van der Waals surface area contributed by atoms with Gasteiger partial charge in [0.2, 0.25) is 0 Å². The zero-order valence-corrected chi connectivity index (χ0v) is 22.3. The van der Waals surface area contributed by atoms with Gasteiger partial charge in [-0.3, -0.25) is 19.6 Å². The van der Waals surface area contributed by atoms with E-state index in [0.29, 0.717) is 32.0 Å². The molecule has 2 atom stereocenters. The highest BCUT2D eigenvalue weighted by atomic mass is 127. The highest BCUT2D eigenvalue weighted by molar-refractivity contribution is 14.0. The summed E-state index contributed by atoms with van der Waals surface area (Å²) in [6, 6.07) is 10.6. The van der Waals surface area contributed by atoms with Crippen molar-refractivity contribution in [3.63, 3.8) is 0 Å². The van der Waals surface area contributed by atoms with Crippen molar-refractivity contribution in [2.24, 2.45) is 4.99 Å². The Bertz CT molecular complexity index is 760. The molecule has 180 valence electrons. The first-order chi connectivity index (χ1) is 14.8. The van der Waals surface area contributed by atoms with Gasteiger partial charge in [0, 0.05) is 39.3 Å². The van der Waals surface area contributed by atoms with Gasteiger partial charge in [-0.05, 0) is 45.7 Å². The maximum atomic E-state index is 12.4. The number of urea groups is 1. The van der Waals surface area contributed by atoms with Gasteiger partial charge in [0.15, 0.2) is 5.96 Å². The van der Waals surface area contributed by atoms with Crippen LogP contribution in [-0.2, 0) is 11.3 Å². The number of guanidine groups is 1. The molecule has 0 spiro atoms. The van der Waals surface area contributed by atoms with Crippen LogP contribution in [0, 0.1) is 0 Å². The highest BCUT2D eigenvalue weighted by Gasteiger charge is 2.45. The van der Waals surface area contributed by atoms with Crippen molar-refractivity contribution in [3.8, 4) is 0 Å². The maximum Gasteiger partial charge on any atom is 0.325 e. The molecule has 1 aliphatic heterocycles. The normalized spacial score (nSPS) is 19.6. The average molecular weight is 559 g/mol. The van der Waals surface area contributed by atoms with Crippen LogP contribution in [-0.4, -0.2) is 73.0 Å². The Labute approximate surface area is 209 Å². The molecule has 0 radical (unpaired) electrons. The molecule has 1 heterocycles. The zero-order valence-electron chi connectivity index (χ0n) is 20.0. The number of rotatable bonds is 11. The van der Waals surface area contributed by atoms with Gasteiger partial charge in [-0.25, -0.2) is 4.79 Å². The number of aliphatic imine (C=N–C) groups is 1. The third-order valence-corrected chi connectivity index (χ3v) is 6.01. The lowest BCUT2D eigenvalue weighted by atomic mass is 9.99. The summed E-state index contributed by atoms with van der Waals surface area (Å²) in [6.45, 7) is 8.66.